The van der Waals surface area contributed by atoms with Crippen LogP contribution >= 0.6 is 0 Å². The van der Waals surface area contributed by atoms with Crippen molar-refractivity contribution in [2.45, 2.75) is 26.9 Å². The van der Waals surface area contributed by atoms with Gasteiger partial charge in [0.05, 0.1) is 38.9 Å². The highest BCUT2D eigenvalue weighted by Gasteiger charge is 2.17. The van der Waals surface area contributed by atoms with Gasteiger partial charge in [0.15, 0.2) is 11.9 Å². The molecule has 1 atom stereocenters. The number of aryl methyl sites for hydroxylation is 2. The Morgan fingerprint density at radius 3 is 2.46 bits per heavy atom. The summed E-state index contributed by atoms with van der Waals surface area (Å²) in [6, 6.07) is 12.1. The van der Waals surface area contributed by atoms with Crippen LogP contribution in [0.25, 0.3) is 21.9 Å². The fourth-order valence-electron chi connectivity index (χ4n) is 2.94. The third kappa shape index (κ3) is 3.22. The van der Waals surface area contributed by atoms with Crippen LogP contribution in [0.2, 0.25) is 0 Å². The summed E-state index contributed by atoms with van der Waals surface area (Å²) in [6.45, 7) is 5.43. The van der Waals surface area contributed by atoms with Crippen molar-refractivity contribution in [1.82, 2.24) is 19.9 Å². The maximum Gasteiger partial charge on any atom is 0.338 e. The second kappa shape index (κ2) is 6.84. The Kier molecular flexibility index (Phi) is 4.35. The van der Waals surface area contributed by atoms with Crippen LogP contribution in [0.3, 0.4) is 0 Å². The highest BCUT2D eigenvalue weighted by Crippen LogP contribution is 2.19. The first kappa shape index (κ1) is 17.8. The second-order valence-corrected chi connectivity index (χ2v) is 6.61. The number of ether oxygens (including phenoxy) is 1. The molecule has 1 N–H and O–H groups in total. The zero-order chi connectivity index (χ0) is 19.8. The molecule has 7 nitrogen and oxygen atoms in total. The molecule has 0 saturated heterocycles. The topological polar surface area (TPSA) is 97.8 Å². The number of esters is 1. The minimum Gasteiger partial charge on any atom is -0.451 e. The molecule has 0 aliphatic heterocycles. The largest absolute Gasteiger partial charge is 0.451 e. The molecule has 140 valence electrons. The number of hydrogen-bond acceptors (Lipinski definition) is 6. The predicted octanol–water partition coefficient (Wildman–Crippen LogP) is 3.40. The minimum atomic E-state index is -0.716. The van der Waals surface area contributed by atoms with Crippen LogP contribution in [0.4, 0.5) is 0 Å². The molecule has 28 heavy (non-hydrogen) atoms. The van der Waals surface area contributed by atoms with E-state index in [1.54, 1.807) is 49.4 Å². The molecule has 0 spiro atoms. The standard InChI is InChI=1S/C21H18N4O3/c1-11-12(2)23-18-10-14(8-9-17(18)22-11)21(27)28-13(3)19-24-16-7-5-4-6-15(16)20(26)25-19/h4-10,13H,1-3H3,(H,24,25,26)/t13-/m0/s1. The number of nitrogens with one attached hydrogen (secondary N) is 1. The fourth-order valence-corrected chi connectivity index (χ4v) is 2.94. The summed E-state index contributed by atoms with van der Waals surface area (Å²) in [6.07, 6.45) is -0.716. The average Bonchev–Trinajstić information content (AvgIpc) is 2.68. The number of H-pyrrole nitrogens is 1. The zero-order valence-corrected chi connectivity index (χ0v) is 15.7. The molecule has 4 rings (SSSR count). The van der Waals surface area contributed by atoms with Crippen LogP contribution in [-0.4, -0.2) is 25.9 Å². The van der Waals surface area contributed by atoms with E-state index in [1.807, 2.05) is 13.8 Å². The lowest BCUT2D eigenvalue weighted by molar-refractivity contribution is 0.0320. The first-order valence-corrected chi connectivity index (χ1v) is 8.87. The van der Waals surface area contributed by atoms with Gasteiger partial charge in [0.1, 0.15) is 0 Å². The number of carbonyl (C=O) groups excluding carboxylic acids is 1. The molecule has 0 aliphatic carbocycles. The minimum absolute atomic E-state index is 0.268. The molecule has 0 saturated carbocycles. The Morgan fingerprint density at radius 2 is 1.68 bits per heavy atom. The molecule has 2 aromatic heterocycles. The quantitative estimate of drug-likeness (QED) is 0.552. The molecule has 2 heterocycles. The molecule has 0 unspecified atom stereocenters. The molecule has 0 aliphatic rings. The molecular formula is C21H18N4O3. The molecular weight excluding hydrogens is 356 g/mol. The number of carbonyl (C=O) groups is 1. The lowest BCUT2D eigenvalue weighted by atomic mass is 10.2. The summed E-state index contributed by atoms with van der Waals surface area (Å²) in [5.74, 6) is -0.227. The smallest absolute Gasteiger partial charge is 0.338 e. The number of hydrogen-bond donors (Lipinski definition) is 1. The zero-order valence-electron chi connectivity index (χ0n) is 15.7. The maximum absolute atomic E-state index is 12.6. The Morgan fingerprint density at radius 1 is 0.964 bits per heavy atom. The third-order valence-corrected chi connectivity index (χ3v) is 4.61. The van der Waals surface area contributed by atoms with Crippen LogP contribution in [0.5, 0.6) is 0 Å². The van der Waals surface area contributed by atoms with Gasteiger partial charge in [-0.15, -0.1) is 0 Å². The van der Waals surface area contributed by atoms with Gasteiger partial charge >= 0.3 is 5.97 Å². The van der Waals surface area contributed by atoms with E-state index < -0.39 is 12.1 Å². The van der Waals surface area contributed by atoms with Gasteiger partial charge < -0.3 is 9.72 Å². The molecule has 0 amide bonds. The van der Waals surface area contributed by atoms with Crippen LogP contribution in [0.15, 0.2) is 47.3 Å². The van der Waals surface area contributed by atoms with Crippen LogP contribution in [0.1, 0.15) is 40.6 Å². The van der Waals surface area contributed by atoms with E-state index in [1.165, 1.54) is 0 Å². The average molecular weight is 374 g/mol. The van der Waals surface area contributed by atoms with Gasteiger partial charge in [-0.1, -0.05) is 12.1 Å². The van der Waals surface area contributed by atoms with Crippen LogP contribution < -0.4 is 5.56 Å². The Labute approximate surface area is 160 Å². The van der Waals surface area contributed by atoms with E-state index in [0.29, 0.717) is 33.3 Å². The summed E-state index contributed by atoms with van der Waals surface area (Å²) in [5, 5.41) is 0.489. The van der Waals surface area contributed by atoms with Gasteiger partial charge in [-0.05, 0) is 51.1 Å². The molecule has 7 heteroatoms. The summed E-state index contributed by atoms with van der Waals surface area (Å²) in [5.41, 5.74) is 3.65. The maximum atomic E-state index is 12.6. The number of benzene rings is 2. The van der Waals surface area contributed by atoms with E-state index in [0.717, 1.165) is 11.4 Å². The molecule has 2 aromatic carbocycles. The number of para-hydroxylation sites is 1. The van der Waals surface area contributed by atoms with Gasteiger partial charge in [0.2, 0.25) is 0 Å². The van der Waals surface area contributed by atoms with E-state index in [-0.39, 0.29) is 5.56 Å². The summed E-state index contributed by atoms with van der Waals surface area (Å²) < 4.78 is 5.51. The molecule has 0 radical (unpaired) electrons. The number of rotatable bonds is 3. The molecule has 0 fully saturated rings. The van der Waals surface area contributed by atoms with Crippen molar-refractivity contribution in [3.05, 3.63) is 75.6 Å². The highest BCUT2D eigenvalue weighted by molar-refractivity contribution is 5.93. The van der Waals surface area contributed by atoms with Gasteiger partial charge in [-0.3, -0.25) is 4.79 Å². The predicted molar refractivity (Wildman–Crippen MR) is 105 cm³/mol. The first-order chi connectivity index (χ1) is 13.4. The van der Waals surface area contributed by atoms with E-state index in [9.17, 15) is 9.59 Å². The van der Waals surface area contributed by atoms with E-state index in [2.05, 4.69) is 19.9 Å². The monoisotopic (exact) mass is 374 g/mol. The lowest BCUT2D eigenvalue weighted by Gasteiger charge is -2.13. The number of fused-ring (bicyclic) bond motifs is 2. The Bertz CT molecular complexity index is 1280. The van der Waals surface area contributed by atoms with Crippen LogP contribution in [-0.2, 0) is 4.74 Å². The van der Waals surface area contributed by atoms with Crippen molar-refractivity contribution in [3.8, 4) is 0 Å². The fraction of sp³-hybridized carbons (Fsp3) is 0.190. The van der Waals surface area contributed by atoms with E-state index >= 15 is 0 Å². The van der Waals surface area contributed by atoms with Crippen molar-refractivity contribution in [2.24, 2.45) is 0 Å². The summed E-state index contributed by atoms with van der Waals surface area (Å²) in [7, 11) is 0. The van der Waals surface area contributed by atoms with Gasteiger partial charge in [-0.2, -0.15) is 0 Å². The Balaban J connectivity index is 1.62. The van der Waals surface area contributed by atoms with Gasteiger partial charge in [0.25, 0.3) is 5.56 Å². The summed E-state index contributed by atoms with van der Waals surface area (Å²) >= 11 is 0. The van der Waals surface area contributed by atoms with Crippen molar-refractivity contribution in [2.75, 3.05) is 0 Å². The molecule has 0 bridgehead atoms. The summed E-state index contributed by atoms with van der Waals surface area (Å²) in [4.78, 5) is 40.8. The SMILES string of the molecule is Cc1nc2ccc(C(=O)O[C@@H](C)c3nc4ccccc4c(=O)[nH]3)cc2nc1C. The van der Waals surface area contributed by atoms with Crippen molar-refractivity contribution in [1.29, 1.82) is 0 Å². The third-order valence-electron chi connectivity index (χ3n) is 4.61. The lowest BCUT2D eigenvalue weighted by Crippen LogP contribution is -2.17. The number of aromatic amines is 1. The number of nitrogens with zero attached hydrogens (tertiary/aromatic N) is 3. The normalized spacial score (nSPS) is 12.2. The first-order valence-electron chi connectivity index (χ1n) is 8.87. The van der Waals surface area contributed by atoms with Crippen molar-refractivity contribution >= 4 is 27.9 Å². The number of aromatic nitrogens is 4. The van der Waals surface area contributed by atoms with E-state index in [4.69, 9.17) is 4.74 Å². The Hall–Kier alpha value is -3.61. The van der Waals surface area contributed by atoms with Crippen molar-refractivity contribution in [3.63, 3.8) is 0 Å². The highest BCUT2D eigenvalue weighted by atomic mass is 16.5. The molecule has 4 aromatic rings. The van der Waals surface area contributed by atoms with Crippen LogP contribution in [0, 0.1) is 13.8 Å². The van der Waals surface area contributed by atoms with Gasteiger partial charge in [-0.25, -0.2) is 19.7 Å². The van der Waals surface area contributed by atoms with Crippen molar-refractivity contribution < 1.29 is 9.53 Å². The van der Waals surface area contributed by atoms with Gasteiger partial charge in [0, 0.05) is 0 Å². The second-order valence-electron chi connectivity index (χ2n) is 6.61.